The number of aromatic nitrogens is 1. The van der Waals surface area contributed by atoms with Crippen molar-refractivity contribution in [3.63, 3.8) is 0 Å². The molecule has 1 aromatic heterocycles. The van der Waals surface area contributed by atoms with Crippen molar-refractivity contribution in [1.82, 2.24) is 4.98 Å². The molecule has 0 saturated heterocycles. The van der Waals surface area contributed by atoms with E-state index < -0.39 is 5.97 Å². The molecule has 148 valence electrons. The van der Waals surface area contributed by atoms with Crippen LogP contribution in [0.2, 0.25) is 0 Å². The van der Waals surface area contributed by atoms with Crippen LogP contribution in [-0.2, 0) is 4.74 Å². The van der Waals surface area contributed by atoms with Crippen LogP contribution in [0.1, 0.15) is 46.0 Å². The van der Waals surface area contributed by atoms with E-state index in [2.05, 4.69) is 35.5 Å². The second-order valence-electron chi connectivity index (χ2n) is 6.79. The predicted octanol–water partition coefficient (Wildman–Crippen LogP) is 4.99. The third kappa shape index (κ3) is 4.79. The van der Waals surface area contributed by atoms with Crippen LogP contribution in [0.3, 0.4) is 0 Å². The molecule has 0 radical (unpaired) electrons. The van der Waals surface area contributed by atoms with Crippen LogP contribution in [0, 0.1) is 0 Å². The molecule has 1 amide bonds. The van der Waals surface area contributed by atoms with Gasteiger partial charge in [0, 0.05) is 11.9 Å². The number of pyridine rings is 1. The van der Waals surface area contributed by atoms with Crippen LogP contribution in [0.5, 0.6) is 0 Å². The molecule has 1 heterocycles. The van der Waals surface area contributed by atoms with Crippen molar-refractivity contribution in [2.24, 2.45) is 0 Å². The molecule has 6 nitrogen and oxygen atoms in total. The lowest BCUT2D eigenvalue weighted by Crippen LogP contribution is -2.15. The summed E-state index contributed by atoms with van der Waals surface area (Å²) in [5.41, 5.74) is 3.24. The monoisotopic (exact) mass is 389 g/mol. The fraction of sp³-hybridized carbons (Fsp3) is 0.174. The summed E-state index contributed by atoms with van der Waals surface area (Å²) in [5, 5.41) is 6.03. The minimum Gasteiger partial charge on any atom is -0.465 e. The van der Waals surface area contributed by atoms with Crippen LogP contribution in [0.4, 0.5) is 17.2 Å². The lowest BCUT2D eigenvalue weighted by molar-refractivity contribution is 0.0602. The molecule has 0 aliphatic carbocycles. The summed E-state index contributed by atoms with van der Waals surface area (Å²) in [4.78, 5) is 28.8. The average molecular weight is 389 g/mol. The Morgan fingerprint density at radius 3 is 2.28 bits per heavy atom. The maximum Gasteiger partial charge on any atom is 0.339 e. The number of carbonyl (C=O) groups excluding carboxylic acids is 2. The van der Waals surface area contributed by atoms with E-state index in [1.165, 1.54) is 18.9 Å². The van der Waals surface area contributed by atoms with Crippen molar-refractivity contribution in [3.05, 3.63) is 83.6 Å². The Kier molecular flexibility index (Phi) is 6.24. The number of esters is 1. The van der Waals surface area contributed by atoms with Gasteiger partial charge in [-0.15, -0.1) is 0 Å². The van der Waals surface area contributed by atoms with E-state index in [0.717, 1.165) is 5.69 Å². The molecule has 2 N–H and O–H groups in total. The molecule has 2 aromatic carbocycles. The second-order valence-corrected chi connectivity index (χ2v) is 6.79. The zero-order valence-electron chi connectivity index (χ0n) is 16.6. The minimum absolute atomic E-state index is 0.292. The highest BCUT2D eigenvalue weighted by Crippen LogP contribution is 2.26. The Hall–Kier alpha value is -3.67. The molecular formula is C23H23N3O3. The summed E-state index contributed by atoms with van der Waals surface area (Å²) in [6, 6.07) is 18.2. The van der Waals surface area contributed by atoms with E-state index in [1.807, 2.05) is 18.2 Å². The van der Waals surface area contributed by atoms with E-state index >= 15 is 0 Å². The lowest BCUT2D eigenvalue weighted by Gasteiger charge is -2.14. The molecule has 0 atom stereocenters. The van der Waals surface area contributed by atoms with E-state index in [4.69, 9.17) is 4.74 Å². The first-order chi connectivity index (χ1) is 14.0. The fourth-order valence-electron chi connectivity index (χ4n) is 2.93. The molecule has 6 heteroatoms. The first kappa shape index (κ1) is 20.1. The van der Waals surface area contributed by atoms with Crippen LogP contribution < -0.4 is 10.6 Å². The number of anilines is 3. The molecule has 29 heavy (non-hydrogen) atoms. The molecule has 0 bridgehead atoms. The highest BCUT2D eigenvalue weighted by Gasteiger charge is 2.14. The lowest BCUT2D eigenvalue weighted by atomic mass is 10.0. The minimum atomic E-state index is -0.512. The van der Waals surface area contributed by atoms with E-state index in [9.17, 15) is 9.59 Å². The van der Waals surface area contributed by atoms with Crippen molar-refractivity contribution in [3.8, 4) is 0 Å². The Morgan fingerprint density at radius 2 is 1.62 bits per heavy atom. The molecule has 0 spiro atoms. The van der Waals surface area contributed by atoms with Crippen molar-refractivity contribution in [2.75, 3.05) is 17.7 Å². The number of rotatable bonds is 6. The van der Waals surface area contributed by atoms with Crippen molar-refractivity contribution in [2.45, 2.75) is 19.8 Å². The van der Waals surface area contributed by atoms with Gasteiger partial charge < -0.3 is 15.4 Å². The van der Waals surface area contributed by atoms with Crippen molar-refractivity contribution in [1.29, 1.82) is 0 Å². The zero-order valence-corrected chi connectivity index (χ0v) is 16.6. The second kappa shape index (κ2) is 9.01. The van der Waals surface area contributed by atoms with Gasteiger partial charge in [0.05, 0.1) is 23.9 Å². The molecule has 0 unspecified atom stereocenters. The van der Waals surface area contributed by atoms with Crippen LogP contribution >= 0.6 is 0 Å². The Labute approximate surface area is 169 Å². The molecule has 0 aliphatic rings. The maximum absolute atomic E-state index is 12.6. The largest absolute Gasteiger partial charge is 0.465 e. The van der Waals surface area contributed by atoms with Gasteiger partial charge in [0.15, 0.2) is 0 Å². The summed E-state index contributed by atoms with van der Waals surface area (Å²) in [7, 11) is 1.30. The SMILES string of the molecule is COC(=O)c1ccccc1NC(=O)c1ccc(Nc2ccccc2C(C)C)nc1. The van der Waals surface area contributed by atoms with Gasteiger partial charge in [-0.3, -0.25) is 4.79 Å². The molecule has 3 aromatic rings. The average Bonchev–Trinajstić information content (AvgIpc) is 2.74. The summed E-state index contributed by atoms with van der Waals surface area (Å²) in [5.74, 6) is 0.147. The summed E-state index contributed by atoms with van der Waals surface area (Å²) in [6.45, 7) is 4.26. The molecule has 0 saturated carbocycles. The first-order valence-electron chi connectivity index (χ1n) is 9.30. The van der Waals surface area contributed by atoms with Crippen LogP contribution in [-0.4, -0.2) is 24.0 Å². The fourth-order valence-corrected chi connectivity index (χ4v) is 2.93. The molecular weight excluding hydrogens is 366 g/mol. The van der Waals surface area contributed by atoms with Gasteiger partial charge in [-0.05, 0) is 41.8 Å². The van der Waals surface area contributed by atoms with Crippen LogP contribution in [0.15, 0.2) is 66.9 Å². The smallest absolute Gasteiger partial charge is 0.339 e. The summed E-state index contributed by atoms with van der Waals surface area (Å²) < 4.78 is 4.75. The van der Waals surface area contributed by atoms with Gasteiger partial charge in [-0.25, -0.2) is 9.78 Å². The molecule has 0 fully saturated rings. The third-order valence-electron chi connectivity index (χ3n) is 4.45. The van der Waals surface area contributed by atoms with Crippen molar-refractivity contribution < 1.29 is 14.3 Å². The predicted molar refractivity (Wildman–Crippen MR) is 114 cm³/mol. The number of para-hydroxylation sites is 2. The van der Waals surface area contributed by atoms with Gasteiger partial charge in [-0.1, -0.05) is 44.2 Å². The normalized spacial score (nSPS) is 10.5. The Morgan fingerprint density at radius 1 is 0.931 bits per heavy atom. The standard InChI is InChI=1S/C23H23N3O3/c1-15(2)17-8-4-6-10-19(17)25-21-13-12-16(14-24-21)22(27)26-20-11-7-5-9-18(20)23(28)29-3/h4-15H,1-3H3,(H,24,25)(H,26,27). The maximum atomic E-state index is 12.6. The number of methoxy groups -OCH3 is 1. The summed E-state index contributed by atoms with van der Waals surface area (Å²) in [6.07, 6.45) is 1.50. The highest BCUT2D eigenvalue weighted by atomic mass is 16.5. The highest BCUT2D eigenvalue weighted by molar-refractivity contribution is 6.07. The summed E-state index contributed by atoms with van der Waals surface area (Å²) >= 11 is 0. The number of carbonyl (C=O) groups is 2. The Balaban J connectivity index is 1.74. The molecule has 0 aliphatic heterocycles. The topological polar surface area (TPSA) is 80.3 Å². The number of hydrogen-bond donors (Lipinski definition) is 2. The number of hydrogen-bond acceptors (Lipinski definition) is 5. The molecule has 3 rings (SSSR count). The number of nitrogens with zero attached hydrogens (tertiary/aromatic N) is 1. The van der Waals surface area contributed by atoms with E-state index in [1.54, 1.807) is 36.4 Å². The van der Waals surface area contributed by atoms with Crippen LogP contribution in [0.25, 0.3) is 0 Å². The van der Waals surface area contributed by atoms with Crippen molar-refractivity contribution >= 4 is 29.1 Å². The number of amides is 1. The Bertz CT molecular complexity index is 1010. The van der Waals surface area contributed by atoms with E-state index in [-0.39, 0.29) is 5.91 Å². The first-order valence-corrected chi connectivity index (χ1v) is 9.30. The van der Waals surface area contributed by atoms with Gasteiger partial charge >= 0.3 is 5.97 Å². The van der Waals surface area contributed by atoms with Gasteiger partial charge in [0.2, 0.25) is 0 Å². The number of nitrogens with one attached hydrogen (secondary N) is 2. The third-order valence-corrected chi connectivity index (χ3v) is 4.45. The number of benzene rings is 2. The zero-order chi connectivity index (χ0) is 20.8. The van der Waals surface area contributed by atoms with Gasteiger partial charge in [0.25, 0.3) is 5.91 Å². The van der Waals surface area contributed by atoms with E-state index in [0.29, 0.717) is 28.6 Å². The van der Waals surface area contributed by atoms with Gasteiger partial charge in [-0.2, -0.15) is 0 Å². The number of ether oxygens (including phenoxy) is 1. The van der Waals surface area contributed by atoms with Gasteiger partial charge in [0.1, 0.15) is 5.82 Å². The quantitative estimate of drug-likeness (QED) is 0.581.